The van der Waals surface area contributed by atoms with Crippen molar-refractivity contribution in [3.8, 4) is 5.75 Å². The minimum atomic E-state index is -0.751. The molecule has 2 amide bonds. The molecule has 1 unspecified atom stereocenters. The third kappa shape index (κ3) is 5.35. The number of hydrogen-bond donors (Lipinski definition) is 2. The van der Waals surface area contributed by atoms with Crippen molar-refractivity contribution in [1.29, 1.82) is 0 Å². The Balaban J connectivity index is 2.37. The summed E-state index contributed by atoms with van der Waals surface area (Å²) in [5.41, 5.74) is 1.02. The van der Waals surface area contributed by atoms with Crippen molar-refractivity contribution in [2.75, 3.05) is 20.3 Å². The second-order valence-corrected chi connectivity index (χ2v) is 5.84. The SMILES string of the molecule is CCC=CC(=O)OCC1=C(C(=O)OCC)C(c2ccc(OC)cc2)NC(=O)N1. The molecule has 0 saturated heterocycles. The first-order valence-corrected chi connectivity index (χ1v) is 8.95. The van der Waals surface area contributed by atoms with Gasteiger partial charge in [-0.2, -0.15) is 0 Å². The van der Waals surface area contributed by atoms with Gasteiger partial charge < -0.3 is 24.8 Å². The molecule has 0 bridgehead atoms. The summed E-state index contributed by atoms with van der Waals surface area (Å²) in [4.78, 5) is 36.5. The second kappa shape index (κ2) is 10.1. The van der Waals surface area contributed by atoms with Crippen molar-refractivity contribution in [1.82, 2.24) is 10.6 Å². The molecule has 1 aromatic carbocycles. The van der Waals surface area contributed by atoms with Gasteiger partial charge in [-0.3, -0.25) is 0 Å². The number of benzene rings is 1. The molecule has 1 aliphatic heterocycles. The van der Waals surface area contributed by atoms with Crippen molar-refractivity contribution in [3.05, 3.63) is 53.3 Å². The molecule has 1 heterocycles. The standard InChI is InChI=1S/C20H24N2O6/c1-4-6-7-16(23)28-12-15-17(19(24)27-5-2)18(22-20(25)21-15)13-8-10-14(26-3)11-9-13/h6-11,18H,4-5,12H2,1-3H3,(H2,21,22,25). The molecule has 0 spiro atoms. The van der Waals surface area contributed by atoms with Crippen LogP contribution in [0, 0.1) is 0 Å². The molecule has 1 aromatic rings. The van der Waals surface area contributed by atoms with Gasteiger partial charge in [-0.25, -0.2) is 14.4 Å². The van der Waals surface area contributed by atoms with E-state index in [1.807, 2.05) is 6.92 Å². The lowest BCUT2D eigenvalue weighted by Gasteiger charge is -2.29. The minimum absolute atomic E-state index is 0.165. The van der Waals surface area contributed by atoms with Crippen molar-refractivity contribution < 1.29 is 28.6 Å². The third-order valence-electron chi connectivity index (χ3n) is 3.95. The Hall–Kier alpha value is -3.29. The number of carbonyl (C=O) groups excluding carboxylic acids is 3. The minimum Gasteiger partial charge on any atom is -0.497 e. The van der Waals surface area contributed by atoms with E-state index in [1.165, 1.54) is 6.08 Å². The van der Waals surface area contributed by atoms with Gasteiger partial charge in [0.05, 0.1) is 31.0 Å². The predicted octanol–water partition coefficient (Wildman–Crippen LogP) is 2.38. The molecule has 2 N–H and O–H groups in total. The fourth-order valence-corrected chi connectivity index (χ4v) is 2.63. The zero-order chi connectivity index (χ0) is 20.5. The topological polar surface area (TPSA) is 103 Å². The third-order valence-corrected chi connectivity index (χ3v) is 3.95. The largest absolute Gasteiger partial charge is 0.497 e. The van der Waals surface area contributed by atoms with E-state index < -0.39 is 24.0 Å². The fourth-order valence-electron chi connectivity index (χ4n) is 2.63. The summed E-state index contributed by atoms with van der Waals surface area (Å²) in [7, 11) is 1.55. The summed E-state index contributed by atoms with van der Waals surface area (Å²) in [6, 6.07) is 5.66. The summed E-state index contributed by atoms with van der Waals surface area (Å²) in [6.07, 6.45) is 3.64. The number of nitrogens with one attached hydrogen (secondary N) is 2. The zero-order valence-corrected chi connectivity index (χ0v) is 16.1. The number of esters is 2. The van der Waals surface area contributed by atoms with Gasteiger partial charge in [0.2, 0.25) is 0 Å². The summed E-state index contributed by atoms with van der Waals surface area (Å²) >= 11 is 0. The molecule has 150 valence electrons. The van der Waals surface area contributed by atoms with Crippen LogP contribution >= 0.6 is 0 Å². The number of rotatable bonds is 8. The zero-order valence-electron chi connectivity index (χ0n) is 16.1. The van der Waals surface area contributed by atoms with Crippen molar-refractivity contribution in [3.63, 3.8) is 0 Å². The molecule has 0 aromatic heterocycles. The van der Waals surface area contributed by atoms with E-state index in [1.54, 1.807) is 44.4 Å². The van der Waals surface area contributed by atoms with E-state index in [2.05, 4.69) is 10.6 Å². The Morgan fingerprint density at radius 1 is 1.14 bits per heavy atom. The van der Waals surface area contributed by atoms with Crippen LogP contribution in [0.1, 0.15) is 31.9 Å². The Kier molecular flexibility index (Phi) is 7.62. The number of hydrogen-bond acceptors (Lipinski definition) is 6. The molecule has 0 saturated carbocycles. The lowest BCUT2D eigenvalue weighted by atomic mass is 9.95. The fraction of sp³-hybridized carbons (Fsp3) is 0.350. The predicted molar refractivity (Wildman–Crippen MR) is 101 cm³/mol. The van der Waals surface area contributed by atoms with Crippen molar-refractivity contribution >= 4 is 18.0 Å². The number of allylic oxidation sites excluding steroid dienone is 1. The van der Waals surface area contributed by atoms with Gasteiger partial charge in [0.15, 0.2) is 0 Å². The average molecular weight is 388 g/mol. The quantitative estimate of drug-likeness (QED) is 0.524. The van der Waals surface area contributed by atoms with Crippen LogP contribution in [0.3, 0.4) is 0 Å². The second-order valence-electron chi connectivity index (χ2n) is 5.84. The summed E-state index contributed by atoms with van der Waals surface area (Å²) in [5, 5.41) is 5.25. The lowest BCUT2D eigenvalue weighted by Crippen LogP contribution is -2.47. The van der Waals surface area contributed by atoms with Crippen LogP contribution in [0.4, 0.5) is 4.79 Å². The molecular formula is C20H24N2O6. The Morgan fingerprint density at radius 3 is 2.46 bits per heavy atom. The highest BCUT2D eigenvalue weighted by Crippen LogP contribution is 2.29. The van der Waals surface area contributed by atoms with Crippen LogP contribution in [-0.4, -0.2) is 38.3 Å². The van der Waals surface area contributed by atoms with E-state index in [-0.39, 0.29) is 24.5 Å². The maximum atomic E-state index is 12.6. The van der Waals surface area contributed by atoms with Gasteiger partial charge in [-0.1, -0.05) is 25.1 Å². The van der Waals surface area contributed by atoms with Gasteiger partial charge in [-0.05, 0) is 31.0 Å². The lowest BCUT2D eigenvalue weighted by molar-refractivity contribution is -0.140. The highest BCUT2D eigenvalue weighted by atomic mass is 16.5. The molecule has 8 nitrogen and oxygen atoms in total. The first kappa shape index (κ1) is 21.0. The van der Waals surface area contributed by atoms with Crippen LogP contribution < -0.4 is 15.4 Å². The number of ether oxygens (including phenoxy) is 3. The van der Waals surface area contributed by atoms with Gasteiger partial charge >= 0.3 is 18.0 Å². The Morgan fingerprint density at radius 2 is 1.86 bits per heavy atom. The van der Waals surface area contributed by atoms with Gasteiger partial charge in [0.25, 0.3) is 0 Å². The molecule has 1 aliphatic rings. The average Bonchev–Trinajstić information content (AvgIpc) is 2.70. The van der Waals surface area contributed by atoms with E-state index in [0.717, 1.165) is 0 Å². The smallest absolute Gasteiger partial charge is 0.338 e. The van der Waals surface area contributed by atoms with Crippen molar-refractivity contribution in [2.45, 2.75) is 26.3 Å². The van der Waals surface area contributed by atoms with Crippen molar-refractivity contribution in [2.24, 2.45) is 0 Å². The molecule has 28 heavy (non-hydrogen) atoms. The van der Waals surface area contributed by atoms with E-state index in [0.29, 0.717) is 17.7 Å². The van der Waals surface area contributed by atoms with E-state index in [4.69, 9.17) is 14.2 Å². The van der Waals surface area contributed by atoms with Crippen LogP contribution in [-0.2, 0) is 19.1 Å². The van der Waals surface area contributed by atoms with Gasteiger partial charge in [0, 0.05) is 6.08 Å². The monoisotopic (exact) mass is 388 g/mol. The summed E-state index contributed by atoms with van der Waals surface area (Å²) < 4.78 is 15.4. The Labute approximate surface area is 163 Å². The highest BCUT2D eigenvalue weighted by molar-refractivity contribution is 5.95. The molecule has 0 fully saturated rings. The summed E-state index contributed by atoms with van der Waals surface area (Å²) in [6.45, 7) is 3.47. The van der Waals surface area contributed by atoms with E-state index in [9.17, 15) is 14.4 Å². The molecule has 0 radical (unpaired) electrons. The molecular weight excluding hydrogens is 364 g/mol. The number of urea groups is 1. The number of amides is 2. The van der Waals surface area contributed by atoms with Crippen LogP contribution in [0.2, 0.25) is 0 Å². The Bertz CT molecular complexity index is 782. The summed E-state index contributed by atoms with van der Waals surface area (Å²) in [5.74, 6) is -0.528. The molecule has 0 aliphatic carbocycles. The van der Waals surface area contributed by atoms with Crippen LogP contribution in [0.25, 0.3) is 0 Å². The van der Waals surface area contributed by atoms with Gasteiger partial charge in [0.1, 0.15) is 12.4 Å². The molecule has 8 heteroatoms. The molecule has 1 atom stereocenters. The highest BCUT2D eigenvalue weighted by Gasteiger charge is 2.34. The van der Waals surface area contributed by atoms with Crippen LogP contribution in [0.5, 0.6) is 5.75 Å². The molecule has 2 rings (SSSR count). The maximum absolute atomic E-state index is 12.6. The first-order chi connectivity index (χ1) is 13.5. The first-order valence-electron chi connectivity index (χ1n) is 8.95. The maximum Gasteiger partial charge on any atom is 0.338 e. The number of methoxy groups -OCH3 is 1. The van der Waals surface area contributed by atoms with Gasteiger partial charge in [-0.15, -0.1) is 0 Å². The number of carbonyl (C=O) groups is 3. The normalized spacial score (nSPS) is 16.4. The van der Waals surface area contributed by atoms with Crippen LogP contribution in [0.15, 0.2) is 47.7 Å². The van der Waals surface area contributed by atoms with E-state index >= 15 is 0 Å².